The van der Waals surface area contributed by atoms with Crippen LogP contribution in [-0.4, -0.2) is 50.3 Å². The maximum atomic E-state index is 5.50. The molecule has 1 aromatic carbocycles. The number of anilines is 1. The summed E-state index contributed by atoms with van der Waals surface area (Å²) in [5.74, 6) is 1.91. The third kappa shape index (κ3) is 5.37. The SMILES string of the molecule is CCNC(=NCc1cccnc1N1CCOCC1)NCC1(c2ccccc2)CCCC1. The van der Waals surface area contributed by atoms with Crippen molar-refractivity contribution in [2.75, 3.05) is 44.3 Å². The second kappa shape index (κ2) is 10.6. The van der Waals surface area contributed by atoms with Crippen LogP contribution in [0, 0.1) is 0 Å². The normalized spacial score (nSPS) is 18.7. The molecule has 0 spiro atoms. The molecule has 0 bridgehead atoms. The van der Waals surface area contributed by atoms with E-state index in [1.807, 2.05) is 12.3 Å². The molecule has 2 aromatic rings. The molecule has 2 aliphatic rings. The van der Waals surface area contributed by atoms with Gasteiger partial charge in [-0.15, -0.1) is 0 Å². The van der Waals surface area contributed by atoms with Gasteiger partial charge in [-0.05, 0) is 31.4 Å². The van der Waals surface area contributed by atoms with Crippen LogP contribution in [0.15, 0.2) is 53.7 Å². The first-order valence-corrected chi connectivity index (χ1v) is 11.6. The molecule has 0 radical (unpaired) electrons. The minimum Gasteiger partial charge on any atom is -0.378 e. The van der Waals surface area contributed by atoms with E-state index < -0.39 is 0 Å². The molecule has 1 aromatic heterocycles. The van der Waals surface area contributed by atoms with Gasteiger partial charge in [0.1, 0.15) is 5.82 Å². The first-order chi connectivity index (χ1) is 15.3. The van der Waals surface area contributed by atoms with Crippen molar-refractivity contribution in [2.24, 2.45) is 4.99 Å². The Hall–Kier alpha value is -2.60. The fraction of sp³-hybridized carbons (Fsp3) is 0.520. The molecule has 4 rings (SSSR count). The highest BCUT2D eigenvalue weighted by molar-refractivity contribution is 5.80. The van der Waals surface area contributed by atoms with Crippen LogP contribution in [0.4, 0.5) is 5.82 Å². The third-order valence-corrected chi connectivity index (χ3v) is 6.47. The summed E-state index contributed by atoms with van der Waals surface area (Å²) in [4.78, 5) is 11.9. The van der Waals surface area contributed by atoms with Crippen molar-refractivity contribution >= 4 is 11.8 Å². The van der Waals surface area contributed by atoms with Crippen LogP contribution < -0.4 is 15.5 Å². The number of rotatable bonds is 7. The number of aromatic nitrogens is 1. The minimum absolute atomic E-state index is 0.199. The van der Waals surface area contributed by atoms with E-state index in [2.05, 4.69) is 63.8 Å². The van der Waals surface area contributed by atoms with Gasteiger partial charge < -0.3 is 20.3 Å². The number of ether oxygens (including phenoxy) is 1. The Bertz CT molecular complexity index is 842. The number of morpholine rings is 1. The summed E-state index contributed by atoms with van der Waals surface area (Å²) in [6.45, 7) is 7.74. The number of benzene rings is 1. The number of nitrogens with zero attached hydrogens (tertiary/aromatic N) is 3. The largest absolute Gasteiger partial charge is 0.378 e. The summed E-state index contributed by atoms with van der Waals surface area (Å²) in [5, 5.41) is 7.09. The van der Waals surface area contributed by atoms with Gasteiger partial charge in [-0.3, -0.25) is 0 Å². The van der Waals surface area contributed by atoms with E-state index in [-0.39, 0.29) is 5.41 Å². The first kappa shape index (κ1) is 21.6. The van der Waals surface area contributed by atoms with Gasteiger partial charge in [0.25, 0.3) is 0 Å². The molecular weight excluding hydrogens is 386 g/mol. The number of guanidine groups is 1. The molecule has 0 atom stereocenters. The van der Waals surface area contributed by atoms with Crippen LogP contribution in [-0.2, 0) is 16.7 Å². The molecule has 31 heavy (non-hydrogen) atoms. The van der Waals surface area contributed by atoms with Gasteiger partial charge in [0.05, 0.1) is 19.8 Å². The van der Waals surface area contributed by atoms with Crippen molar-refractivity contribution in [2.45, 2.75) is 44.6 Å². The number of hydrogen-bond donors (Lipinski definition) is 2. The van der Waals surface area contributed by atoms with Crippen LogP contribution in [0.2, 0.25) is 0 Å². The lowest BCUT2D eigenvalue weighted by atomic mass is 9.79. The average molecular weight is 422 g/mol. The summed E-state index contributed by atoms with van der Waals surface area (Å²) in [6, 6.07) is 15.1. The van der Waals surface area contributed by atoms with Crippen LogP contribution in [0.3, 0.4) is 0 Å². The summed E-state index contributed by atoms with van der Waals surface area (Å²) in [7, 11) is 0. The molecule has 6 nitrogen and oxygen atoms in total. The van der Waals surface area contributed by atoms with Crippen molar-refractivity contribution in [3.63, 3.8) is 0 Å². The van der Waals surface area contributed by atoms with Crippen molar-refractivity contribution in [1.29, 1.82) is 0 Å². The summed E-state index contributed by atoms with van der Waals surface area (Å²) in [5.41, 5.74) is 2.79. The van der Waals surface area contributed by atoms with Crippen LogP contribution in [0.1, 0.15) is 43.7 Å². The maximum Gasteiger partial charge on any atom is 0.191 e. The molecule has 1 saturated heterocycles. The molecule has 2 fully saturated rings. The smallest absolute Gasteiger partial charge is 0.191 e. The van der Waals surface area contributed by atoms with Gasteiger partial charge in [0, 0.05) is 43.4 Å². The second-order valence-corrected chi connectivity index (χ2v) is 8.49. The topological polar surface area (TPSA) is 61.8 Å². The summed E-state index contributed by atoms with van der Waals surface area (Å²) in [6.07, 6.45) is 6.91. The van der Waals surface area contributed by atoms with E-state index in [0.29, 0.717) is 6.54 Å². The zero-order chi connectivity index (χ0) is 21.4. The van der Waals surface area contributed by atoms with E-state index in [4.69, 9.17) is 9.73 Å². The number of nitrogens with one attached hydrogen (secondary N) is 2. The number of hydrogen-bond acceptors (Lipinski definition) is 4. The van der Waals surface area contributed by atoms with Gasteiger partial charge in [-0.1, -0.05) is 49.2 Å². The van der Waals surface area contributed by atoms with Gasteiger partial charge >= 0.3 is 0 Å². The Kier molecular flexibility index (Phi) is 7.41. The molecule has 1 saturated carbocycles. The Balaban J connectivity index is 1.47. The van der Waals surface area contributed by atoms with Crippen molar-refractivity contribution in [3.8, 4) is 0 Å². The molecule has 166 valence electrons. The Morgan fingerprint density at radius 2 is 1.84 bits per heavy atom. The third-order valence-electron chi connectivity index (χ3n) is 6.47. The highest BCUT2D eigenvalue weighted by atomic mass is 16.5. The van der Waals surface area contributed by atoms with E-state index in [1.165, 1.54) is 31.2 Å². The van der Waals surface area contributed by atoms with Crippen LogP contribution >= 0.6 is 0 Å². The van der Waals surface area contributed by atoms with E-state index in [0.717, 1.165) is 56.7 Å². The molecular formula is C25H35N5O. The predicted molar refractivity (Wildman–Crippen MR) is 127 cm³/mol. The Morgan fingerprint density at radius 1 is 1.06 bits per heavy atom. The Labute approximate surface area is 186 Å². The van der Waals surface area contributed by atoms with Gasteiger partial charge in [0.2, 0.25) is 0 Å². The fourth-order valence-electron chi connectivity index (χ4n) is 4.78. The molecule has 1 aliphatic heterocycles. The Morgan fingerprint density at radius 3 is 2.58 bits per heavy atom. The van der Waals surface area contributed by atoms with Crippen molar-refractivity contribution < 1.29 is 4.74 Å². The summed E-state index contributed by atoms with van der Waals surface area (Å²) >= 11 is 0. The fourth-order valence-corrected chi connectivity index (χ4v) is 4.78. The highest BCUT2D eigenvalue weighted by Gasteiger charge is 2.35. The lowest BCUT2D eigenvalue weighted by molar-refractivity contribution is 0.122. The minimum atomic E-state index is 0.199. The van der Waals surface area contributed by atoms with Gasteiger partial charge in [-0.25, -0.2) is 9.98 Å². The molecule has 0 amide bonds. The van der Waals surface area contributed by atoms with Gasteiger partial charge in [0.15, 0.2) is 5.96 Å². The molecule has 6 heteroatoms. The highest BCUT2D eigenvalue weighted by Crippen LogP contribution is 2.40. The summed E-state index contributed by atoms with van der Waals surface area (Å²) < 4.78 is 5.50. The quantitative estimate of drug-likeness (QED) is 0.529. The monoisotopic (exact) mass is 421 g/mol. The van der Waals surface area contributed by atoms with E-state index >= 15 is 0 Å². The maximum absolute atomic E-state index is 5.50. The first-order valence-electron chi connectivity index (χ1n) is 11.6. The van der Waals surface area contributed by atoms with Crippen molar-refractivity contribution in [3.05, 3.63) is 59.8 Å². The predicted octanol–water partition coefficient (Wildman–Crippen LogP) is 3.49. The second-order valence-electron chi connectivity index (χ2n) is 8.49. The molecule has 0 unspecified atom stereocenters. The number of aliphatic imine (C=N–C) groups is 1. The van der Waals surface area contributed by atoms with Crippen LogP contribution in [0.5, 0.6) is 0 Å². The van der Waals surface area contributed by atoms with Crippen molar-refractivity contribution in [1.82, 2.24) is 15.6 Å². The van der Waals surface area contributed by atoms with E-state index in [9.17, 15) is 0 Å². The standard InChI is InChI=1S/C25H35N5O/c1-2-26-24(29-20-25(12-6-7-13-25)22-10-4-3-5-11-22)28-19-21-9-8-14-27-23(21)30-15-17-31-18-16-30/h3-5,8-11,14H,2,6-7,12-13,15-20H2,1H3,(H2,26,28,29). The van der Waals surface area contributed by atoms with Gasteiger partial charge in [-0.2, -0.15) is 0 Å². The zero-order valence-electron chi connectivity index (χ0n) is 18.6. The average Bonchev–Trinajstić information content (AvgIpc) is 3.32. The lowest BCUT2D eigenvalue weighted by Crippen LogP contribution is -2.44. The molecule has 2 N–H and O–H groups in total. The van der Waals surface area contributed by atoms with E-state index in [1.54, 1.807) is 0 Å². The molecule has 1 aliphatic carbocycles. The zero-order valence-corrected chi connectivity index (χ0v) is 18.6. The van der Waals surface area contributed by atoms with Crippen LogP contribution in [0.25, 0.3) is 0 Å². The molecule has 2 heterocycles. The lowest BCUT2D eigenvalue weighted by Gasteiger charge is -2.31. The number of pyridine rings is 1.